The van der Waals surface area contributed by atoms with E-state index in [1.54, 1.807) is 15.5 Å². The molecule has 9 nitrogen and oxygen atoms in total. The lowest BCUT2D eigenvalue weighted by atomic mass is 9.97. The summed E-state index contributed by atoms with van der Waals surface area (Å²) in [5.74, 6) is -0.366. The summed E-state index contributed by atoms with van der Waals surface area (Å²) < 4.78 is 12.3. The molecule has 44 heavy (non-hydrogen) atoms. The second kappa shape index (κ2) is 12.8. The van der Waals surface area contributed by atoms with Gasteiger partial charge >= 0.3 is 12.1 Å². The number of methoxy groups -OCH3 is 1. The molecule has 3 heterocycles. The summed E-state index contributed by atoms with van der Waals surface area (Å²) in [5.41, 5.74) is 5.69. The van der Waals surface area contributed by atoms with E-state index in [0.717, 1.165) is 57.5 Å². The summed E-state index contributed by atoms with van der Waals surface area (Å²) in [7, 11) is 1.39. The number of anilines is 1. The van der Waals surface area contributed by atoms with Gasteiger partial charge in [-0.2, -0.15) is 5.10 Å². The molecule has 0 spiro atoms. The van der Waals surface area contributed by atoms with Crippen LogP contribution in [0.4, 0.5) is 10.5 Å². The van der Waals surface area contributed by atoms with Crippen LogP contribution in [0.1, 0.15) is 45.0 Å². The predicted octanol–water partition coefficient (Wildman–Crippen LogP) is 7.09. The molecule has 0 saturated carbocycles. The van der Waals surface area contributed by atoms with E-state index in [-0.39, 0.29) is 12.1 Å². The highest BCUT2D eigenvalue weighted by Crippen LogP contribution is 2.33. The first-order valence-corrected chi connectivity index (χ1v) is 15.0. The Morgan fingerprint density at radius 2 is 1.48 bits per heavy atom. The van der Waals surface area contributed by atoms with E-state index in [0.29, 0.717) is 18.7 Å². The molecule has 0 N–H and O–H groups in total. The fraction of sp³-hybridized carbons (Fsp3) is 0.314. The van der Waals surface area contributed by atoms with Crippen molar-refractivity contribution in [1.29, 1.82) is 0 Å². The van der Waals surface area contributed by atoms with Gasteiger partial charge in [-0.3, -0.25) is 0 Å². The zero-order valence-corrected chi connectivity index (χ0v) is 26.2. The maximum absolute atomic E-state index is 12.4. The molecule has 0 radical (unpaired) electrons. The Morgan fingerprint density at radius 3 is 2.16 bits per heavy atom. The Labute approximate surface area is 258 Å². The van der Waals surface area contributed by atoms with Gasteiger partial charge < -0.3 is 19.3 Å². The van der Waals surface area contributed by atoms with E-state index in [9.17, 15) is 9.59 Å². The standard InChI is InChI=1S/C33H33N5O4.C2H6/c1-33(2,3)42-32(40)37-17-15-36(16-18-37)24-13-11-22(12-14-24)23-19-34-30-29(20-35-38(30)21-23)27-9-5-8-26-25(27)7-6-10-28(26)31(39)41-4;1-2/h5-14,19-21H,15-18H2,1-4H3;1-2H3. The summed E-state index contributed by atoms with van der Waals surface area (Å²) in [5, 5.41) is 6.37. The van der Waals surface area contributed by atoms with E-state index in [1.807, 2.05) is 83.5 Å². The van der Waals surface area contributed by atoms with Crippen LogP contribution in [0.15, 0.2) is 79.3 Å². The number of nitrogens with zero attached hydrogens (tertiary/aromatic N) is 5. The summed E-state index contributed by atoms with van der Waals surface area (Å²) in [4.78, 5) is 33.6. The number of carbonyl (C=O) groups is 2. The smallest absolute Gasteiger partial charge is 0.410 e. The predicted molar refractivity (Wildman–Crippen MR) is 174 cm³/mol. The highest BCUT2D eigenvalue weighted by Gasteiger charge is 2.26. The highest BCUT2D eigenvalue weighted by atomic mass is 16.6. The van der Waals surface area contributed by atoms with Gasteiger partial charge in [0.2, 0.25) is 0 Å². The van der Waals surface area contributed by atoms with E-state index in [4.69, 9.17) is 14.5 Å². The van der Waals surface area contributed by atoms with Crippen molar-refractivity contribution in [2.45, 2.75) is 40.2 Å². The Bertz CT molecular complexity index is 1780. The van der Waals surface area contributed by atoms with Gasteiger partial charge in [-0.1, -0.05) is 56.3 Å². The number of carbonyl (C=O) groups excluding carboxylic acids is 2. The van der Waals surface area contributed by atoms with Crippen LogP contribution in [0.3, 0.4) is 0 Å². The normalized spacial score (nSPS) is 13.4. The molecule has 3 aromatic carbocycles. The van der Waals surface area contributed by atoms with Crippen LogP contribution in [-0.4, -0.2) is 70.5 Å². The number of benzene rings is 3. The zero-order chi connectivity index (χ0) is 31.4. The van der Waals surface area contributed by atoms with Gasteiger partial charge in [0, 0.05) is 55.4 Å². The number of rotatable bonds is 4. The average Bonchev–Trinajstić information content (AvgIpc) is 3.47. The first-order chi connectivity index (χ1) is 21.2. The van der Waals surface area contributed by atoms with Crippen molar-refractivity contribution in [2.75, 3.05) is 38.2 Å². The maximum atomic E-state index is 12.4. The van der Waals surface area contributed by atoms with Crippen molar-refractivity contribution >= 4 is 34.2 Å². The number of aromatic nitrogens is 3. The number of amides is 1. The zero-order valence-electron chi connectivity index (χ0n) is 26.2. The quantitative estimate of drug-likeness (QED) is 0.206. The van der Waals surface area contributed by atoms with Crippen LogP contribution < -0.4 is 4.90 Å². The van der Waals surface area contributed by atoms with Crippen LogP contribution in [0.25, 0.3) is 38.7 Å². The molecule has 2 aromatic heterocycles. The number of hydrogen-bond donors (Lipinski definition) is 0. The van der Waals surface area contributed by atoms with Gasteiger partial charge in [0.25, 0.3) is 0 Å². The molecule has 1 saturated heterocycles. The Hall–Kier alpha value is -4.92. The molecule has 5 aromatic rings. The first kappa shape index (κ1) is 30.5. The second-order valence-electron chi connectivity index (χ2n) is 11.4. The molecule has 1 fully saturated rings. The second-order valence-corrected chi connectivity index (χ2v) is 11.4. The third-order valence-electron chi connectivity index (χ3n) is 7.47. The number of fused-ring (bicyclic) bond motifs is 2. The molecule has 6 rings (SSSR count). The van der Waals surface area contributed by atoms with Crippen molar-refractivity contribution < 1.29 is 19.1 Å². The lowest BCUT2D eigenvalue weighted by molar-refractivity contribution is 0.0240. The summed E-state index contributed by atoms with van der Waals surface area (Å²) in [6.45, 7) is 12.4. The number of hydrogen-bond acceptors (Lipinski definition) is 7. The van der Waals surface area contributed by atoms with Gasteiger partial charge in [-0.05, 0) is 60.9 Å². The number of ether oxygens (including phenoxy) is 2. The van der Waals surface area contributed by atoms with Crippen molar-refractivity contribution in [3.05, 3.63) is 84.8 Å². The van der Waals surface area contributed by atoms with Crippen molar-refractivity contribution in [1.82, 2.24) is 19.5 Å². The third-order valence-corrected chi connectivity index (χ3v) is 7.47. The molecule has 1 amide bonds. The van der Waals surface area contributed by atoms with E-state index in [2.05, 4.69) is 34.3 Å². The van der Waals surface area contributed by atoms with Gasteiger partial charge in [0.1, 0.15) is 5.60 Å². The SMILES string of the molecule is CC.COC(=O)c1cccc2c(-c3cnn4cc(-c5ccc(N6CCN(C(=O)OC(C)(C)C)CC6)cc5)cnc34)cccc12. The number of esters is 1. The Kier molecular flexibility index (Phi) is 8.85. The first-order valence-electron chi connectivity index (χ1n) is 15.0. The van der Waals surface area contributed by atoms with E-state index >= 15 is 0 Å². The van der Waals surface area contributed by atoms with Crippen LogP contribution >= 0.6 is 0 Å². The molecule has 1 aliphatic rings. The van der Waals surface area contributed by atoms with Gasteiger partial charge in [0.05, 0.1) is 18.9 Å². The minimum absolute atomic E-state index is 0.256. The Morgan fingerprint density at radius 1 is 0.795 bits per heavy atom. The Balaban J connectivity index is 0.00000188. The lowest BCUT2D eigenvalue weighted by Gasteiger charge is -2.36. The maximum Gasteiger partial charge on any atom is 0.410 e. The molecule has 228 valence electrons. The van der Waals surface area contributed by atoms with Gasteiger partial charge in [0.15, 0.2) is 5.65 Å². The fourth-order valence-corrected chi connectivity index (χ4v) is 5.38. The fourth-order valence-electron chi connectivity index (χ4n) is 5.38. The molecule has 0 unspecified atom stereocenters. The molecular weight excluding hydrogens is 554 g/mol. The monoisotopic (exact) mass is 593 g/mol. The van der Waals surface area contributed by atoms with Gasteiger partial charge in [-0.25, -0.2) is 19.1 Å². The van der Waals surface area contributed by atoms with Crippen LogP contribution in [0.2, 0.25) is 0 Å². The van der Waals surface area contributed by atoms with Crippen molar-refractivity contribution in [3.8, 4) is 22.3 Å². The van der Waals surface area contributed by atoms with Crippen LogP contribution in [-0.2, 0) is 9.47 Å². The topological polar surface area (TPSA) is 89.3 Å². The van der Waals surface area contributed by atoms with Gasteiger partial charge in [-0.15, -0.1) is 0 Å². The van der Waals surface area contributed by atoms with Crippen LogP contribution in [0.5, 0.6) is 0 Å². The largest absolute Gasteiger partial charge is 0.465 e. The number of piperazine rings is 1. The highest BCUT2D eigenvalue weighted by molar-refractivity contribution is 6.09. The summed E-state index contributed by atoms with van der Waals surface area (Å²) in [6.07, 6.45) is 5.39. The van der Waals surface area contributed by atoms with Crippen molar-refractivity contribution in [2.24, 2.45) is 0 Å². The summed E-state index contributed by atoms with van der Waals surface area (Å²) >= 11 is 0. The van der Waals surface area contributed by atoms with Crippen molar-refractivity contribution in [3.63, 3.8) is 0 Å². The molecular formula is C35H39N5O4. The van der Waals surface area contributed by atoms with E-state index in [1.165, 1.54) is 7.11 Å². The molecule has 1 aliphatic heterocycles. The average molecular weight is 594 g/mol. The molecule has 0 bridgehead atoms. The molecule has 0 aliphatic carbocycles. The summed E-state index contributed by atoms with van der Waals surface area (Å²) in [6, 6.07) is 19.9. The minimum Gasteiger partial charge on any atom is -0.465 e. The minimum atomic E-state index is -0.495. The van der Waals surface area contributed by atoms with Crippen LogP contribution in [0, 0.1) is 0 Å². The molecule has 9 heteroatoms. The molecule has 0 atom stereocenters. The third kappa shape index (κ3) is 6.22. The lowest BCUT2D eigenvalue weighted by Crippen LogP contribution is -2.50. The van der Waals surface area contributed by atoms with E-state index < -0.39 is 5.60 Å².